The summed E-state index contributed by atoms with van der Waals surface area (Å²) in [5.41, 5.74) is -1.15. The number of quaternary nitrogens is 1. The van der Waals surface area contributed by atoms with E-state index in [1.807, 2.05) is 0 Å². The van der Waals surface area contributed by atoms with E-state index in [9.17, 15) is 14.7 Å². The molecule has 0 saturated heterocycles. The molecule has 0 aromatic heterocycles. The lowest BCUT2D eigenvalue weighted by molar-refractivity contribution is -0.870. The number of esters is 1. The highest BCUT2D eigenvalue weighted by Crippen LogP contribution is 2.53. The molecule has 0 spiro atoms. The van der Waals surface area contributed by atoms with Crippen LogP contribution in [-0.4, -0.2) is 75.1 Å². The molecule has 0 aliphatic heterocycles. The summed E-state index contributed by atoms with van der Waals surface area (Å²) in [4.78, 5) is 24.4. The normalized spacial score (nSPS) is 16.5. The molecule has 1 amide bonds. The highest BCUT2D eigenvalue weighted by atomic mass is 16.5. The van der Waals surface area contributed by atoms with Gasteiger partial charge >= 0.3 is 5.97 Å². The lowest BCUT2D eigenvalue weighted by Crippen LogP contribution is -2.55. The molecule has 0 heterocycles. The Labute approximate surface area is 261 Å². The summed E-state index contributed by atoms with van der Waals surface area (Å²) in [7, 11) is 8.27. The van der Waals surface area contributed by atoms with E-state index in [0.29, 0.717) is 13.0 Å². The van der Waals surface area contributed by atoms with Crippen molar-refractivity contribution in [1.29, 1.82) is 0 Å². The van der Waals surface area contributed by atoms with Gasteiger partial charge in [0, 0.05) is 30.7 Å². The quantitative estimate of drug-likeness (QED) is 0.0863. The number of rotatable bonds is 14. The molecule has 0 saturated carbocycles. The van der Waals surface area contributed by atoms with Crippen molar-refractivity contribution in [3.63, 3.8) is 0 Å². The van der Waals surface area contributed by atoms with Crippen LogP contribution in [0.3, 0.4) is 0 Å². The van der Waals surface area contributed by atoms with Gasteiger partial charge in [-0.15, -0.1) is 0 Å². The topological polar surface area (TPSA) is 87.7 Å². The molecule has 7 nitrogen and oxygen atoms in total. The maximum atomic E-state index is 13.3. The number of ether oxygens (including phenoxy) is 1. The van der Waals surface area contributed by atoms with Crippen molar-refractivity contribution >= 4 is 11.9 Å². The van der Waals surface area contributed by atoms with E-state index in [-0.39, 0.29) is 39.6 Å². The Morgan fingerprint density at radius 2 is 1.36 bits per heavy atom. The Morgan fingerprint density at radius 1 is 0.881 bits per heavy atom. The number of hydrogen-bond acceptors (Lipinski definition) is 5. The largest absolute Gasteiger partial charge is 0.462 e. The van der Waals surface area contributed by atoms with Crippen LogP contribution in [0.5, 0.6) is 0 Å². The minimum Gasteiger partial charge on any atom is -0.462 e. The number of aliphatic hydroxyl groups is 1. The minimum absolute atomic E-state index is 0.0139. The summed E-state index contributed by atoms with van der Waals surface area (Å²) >= 11 is 0. The molecule has 0 rings (SSSR count). The van der Waals surface area contributed by atoms with E-state index < -0.39 is 17.1 Å². The molecule has 252 valence electrons. The van der Waals surface area contributed by atoms with Crippen LogP contribution in [0, 0.1) is 32.5 Å². The molecule has 3 atom stereocenters. The summed E-state index contributed by atoms with van der Waals surface area (Å²) in [6.45, 7) is 33.1. The molecule has 0 radical (unpaired) electrons. The number of aliphatic hydroxyl groups excluding tert-OH is 1. The fourth-order valence-corrected chi connectivity index (χ4v) is 4.94. The molecule has 0 fully saturated rings. The molecule has 3 N–H and O–H groups in total. The van der Waals surface area contributed by atoms with E-state index in [0.717, 1.165) is 30.3 Å². The van der Waals surface area contributed by atoms with Gasteiger partial charge in [-0.3, -0.25) is 14.9 Å². The Morgan fingerprint density at radius 3 is 1.69 bits per heavy atom. The average Bonchev–Trinajstić information content (AvgIpc) is 2.78. The zero-order chi connectivity index (χ0) is 34.2. The Bertz CT molecular complexity index is 829. The summed E-state index contributed by atoms with van der Waals surface area (Å²) in [6, 6.07) is 0. The molecule has 3 unspecified atom stereocenters. The van der Waals surface area contributed by atoms with Crippen LogP contribution in [0.15, 0.2) is 0 Å². The maximum Gasteiger partial charge on any atom is 0.302 e. The Kier molecular flexibility index (Phi) is 16.1. The first kappa shape index (κ1) is 43.0. The van der Waals surface area contributed by atoms with E-state index in [1.165, 1.54) is 6.92 Å². The summed E-state index contributed by atoms with van der Waals surface area (Å²) in [5, 5.41) is 16.7. The predicted molar refractivity (Wildman–Crippen MR) is 179 cm³/mol. The van der Waals surface area contributed by atoms with Gasteiger partial charge in [0.15, 0.2) is 0 Å². The van der Waals surface area contributed by atoms with Crippen LogP contribution in [-0.2, 0) is 14.3 Å². The highest BCUT2D eigenvalue weighted by Gasteiger charge is 2.52. The van der Waals surface area contributed by atoms with Gasteiger partial charge in [0.2, 0.25) is 5.91 Å². The second kappa shape index (κ2) is 15.7. The first-order valence-corrected chi connectivity index (χ1v) is 16.0. The number of carbonyl (C=O) groups excluding carboxylic acids is 2. The smallest absolute Gasteiger partial charge is 0.302 e. The third-order valence-electron chi connectivity index (χ3n) is 9.83. The van der Waals surface area contributed by atoms with Crippen LogP contribution in [0.2, 0.25) is 0 Å². The molecule has 0 aliphatic rings. The van der Waals surface area contributed by atoms with E-state index in [1.54, 1.807) is 7.05 Å². The summed E-state index contributed by atoms with van der Waals surface area (Å²) in [6.07, 6.45) is 2.96. The fourth-order valence-electron chi connectivity index (χ4n) is 4.94. The second-order valence-corrected chi connectivity index (χ2v) is 17.9. The Balaban J connectivity index is 0. The average molecular weight is 601 g/mol. The van der Waals surface area contributed by atoms with Gasteiger partial charge in [-0.1, -0.05) is 96.9 Å². The number of nitrogens with one attached hydrogen (secondary N) is 2. The molecule has 0 bridgehead atoms. The van der Waals surface area contributed by atoms with Crippen molar-refractivity contribution in [1.82, 2.24) is 10.6 Å². The molecule has 0 aromatic rings. The van der Waals surface area contributed by atoms with Crippen molar-refractivity contribution < 1.29 is 23.9 Å². The fraction of sp³-hybridized carbons (Fsp3) is 0.943. The van der Waals surface area contributed by atoms with E-state index in [4.69, 9.17) is 4.74 Å². The number of amides is 1. The van der Waals surface area contributed by atoms with Crippen molar-refractivity contribution in [2.75, 3.05) is 41.3 Å². The van der Waals surface area contributed by atoms with Gasteiger partial charge in [0.05, 0.1) is 33.1 Å². The van der Waals surface area contributed by atoms with Crippen molar-refractivity contribution in [2.45, 2.75) is 142 Å². The first-order valence-electron chi connectivity index (χ1n) is 16.0. The van der Waals surface area contributed by atoms with Gasteiger partial charge < -0.3 is 19.6 Å². The molecule has 42 heavy (non-hydrogen) atoms. The molecule has 7 heteroatoms. The maximum absolute atomic E-state index is 13.3. The zero-order valence-electron chi connectivity index (χ0n) is 31.5. The number of nitrogens with zero attached hydrogens (tertiary/aromatic N) is 1. The second-order valence-electron chi connectivity index (χ2n) is 17.9. The van der Waals surface area contributed by atoms with Crippen LogP contribution < -0.4 is 10.6 Å². The predicted octanol–water partition coefficient (Wildman–Crippen LogP) is 7.02. The van der Waals surface area contributed by atoms with Crippen molar-refractivity contribution in [3.8, 4) is 0 Å². The highest BCUT2D eigenvalue weighted by molar-refractivity contribution is 5.83. The van der Waals surface area contributed by atoms with Gasteiger partial charge in [0.25, 0.3) is 0 Å². The SMILES string of the molecule is CCC(C)(C)C(CC(C)(C)C)OC(C)=O.CNC(O)C(C)(C)C(C)(C)CC(C)(C(=O)NCCC[N+](C)(C)C)C(C)(C)C. The van der Waals surface area contributed by atoms with Crippen LogP contribution in [0.4, 0.5) is 0 Å². The minimum atomic E-state index is -0.635. The molecule has 0 aliphatic carbocycles. The van der Waals surface area contributed by atoms with Crippen molar-refractivity contribution in [3.05, 3.63) is 0 Å². The van der Waals surface area contributed by atoms with Gasteiger partial charge in [-0.2, -0.15) is 0 Å². The van der Waals surface area contributed by atoms with Crippen molar-refractivity contribution in [2.24, 2.45) is 32.5 Å². The lowest BCUT2D eigenvalue weighted by atomic mass is 9.54. The van der Waals surface area contributed by atoms with Crippen LogP contribution >= 0.6 is 0 Å². The van der Waals surface area contributed by atoms with Crippen LogP contribution in [0.25, 0.3) is 0 Å². The molecular weight excluding hydrogens is 526 g/mol. The number of hydrogen-bond donors (Lipinski definition) is 3. The van der Waals surface area contributed by atoms with E-state index >= 15 is 0 Å². The van der Waals surface area contributed by atoms with Gasteiger partial charge in [-0.25, -0.2) is 0 Å². The van der Waals surface area contributed by atoms with E-state index in [2.05, 4.69) is 129 Å². The van der Waals surface area contributed by atoms with Gasteiger partial charge in [0.1, 0.15) is 12.3 Å². The van der Waals surface area contributed by atoms with Gasteiger partial charge in [-0.05, 0) is 42.6 Å². The standard InChI is InChI=1S/C22H47N3O2.C13H26O2/c1-19(2,3)22(8,18(27)24-14-13-15-25(10,11)12)16-20(4,5)21(6,7)17(26)23-9;1-8-13(6,7)11(15-10(2)14)9-12(3,4)5/h17,23,26H,13-16H2,1-12H3;11H,8-9H2,1-7H3/p+1. The van der Waals surface area contributed by atoms with Crippen LogP contribution in [0.1, 0.15) is 130 Å². The molecule has 0 aromatic carbocycles. The molecular formula is C35H74N3O4+. The monoisotopic (exact) mass is 601 g/mol. The zero-order valence-corrected chi connectivity index (χ0v) is 31.5. The lowest BCUT2D eigenvalue weighted by Gasteiger charge is -2.51. The number of carbonyl (C=O) groups is 2. The summed E-state index contributed by atoms with van der Waals surface area (Å²) in [5.74, 6) is -0.0648. The first-order chi connectivity index (χ1) is 18.4. The third kappa shape index (κ3) is 14.1. The third-order valence-corrected chi connectivity index (χ3v) is 9.83. The Hall–Kier alpha value is -1.18. The summed E-state index contributed by atoms with van der Waals surface area (Å²) < 4.78 is 6.34.